The van der Waals surface area contributed by atoms with Gasteiger partial charge in [-0.25, -0.2) is 0 Å². The monoisotopic (exact) mass is 261 g/mol. The lowest BCUT2D eigenvalue weighted by molar-refractivity contribution is 0.358. The van der Waals surface area contributed by atoms with E-state index in [0.29, 0.717) is 11.5 Å². The van der Waals surface area contributed by atoms with Gasteiger partial charge in [-0.15, -0.1) is 0 Å². The highest BCUT2D eigenvalue weighted by Crippen LogP contribution is 2.24. The molecule has 0 aliphatic heterocycles. The van der Waals surface area contributed by atoms with Crippen LogP contribution in [0.5, 0.6) is 0 Å². The molecule has 0 aliphatic carbocycles. The van der Waals surface area contributed by atoms with E-state index in [1.165, 1.54) is 17.5 Å². The van der Waals surface area contributed by atoms with E-state index in [1.807, 2.05) is 0 Å². The molecule has 0 fully saturated rings. The third kappa shape index (κ3) is 5.78. The molecule has 0 radical (unpaired) electrons. The van der Waals surface area contributed by atoms with Crippen LogP contribution in [0.1, 0.15) is 72.1 Å². The molecule has 0 saturated carbocycles. The largest absolute Gasteiger partial charge is 0.310 e. The molecule has 1 heteroatoms. The molecule has 1 unspecified atom stereocenters. The second-order valence-electron chi connectivity index (χ2n) is 7.86. The van der Waals surface area contributed by atoms with Crippen molar-refractivity contribution >= 4 is 0 Å². The van der Waals surface area contributed by atoms with Crippen LogP contribution in [0.4, 0.5) is 0 Å². The van der Waals surface area contributed by atoms with Crippen molar-refractivity contribution in [2.24, 2.45) is 5.41 Å². The van der Waals surface area contributed by atoms with Crippen LogP contribution < -0.4 is 5.32 Å². The molecule has 0 heterocycles. The summed E-state index contributed by atoms with van der Waals surface area (Å²) in [5.41, 5.74) is 3.42. The fraction of sp³-hybridized carbons (Fsp3) is 0.667. The molecular weight excluding hydrogens is 230 g/mol. The van der Waals surface area contributed by atoms with Gasteiger partial charge < -0.3 is 5.32 Å². The van der Waals surface area contributed by atoms with E-state index in [0.717, 1.165) is 6.54 Å². The molecule has 0 aromatic heterocycles. The molecule has 1 rings (SSSR count). The molecule has 19 heavy (non-hydrogen) atoms. The van der Waals surface area contributed by atoms with Gasteiger partial charge in [-0.3, -0.25) is 0 Å². The first-order valence-electron chi connectivity index (χ1n) is 7.43. The summed E-state index contributed by atoms with van der Waals surface area (Å²) in [6, 6.07) is 9.47. The Morgan fingerprint density at radius 1 is 0.947 bits per heavy atom. The van der Waals surface area contributed by atoms with Crippen molar-refractivity contribution < 1.29 is 0 Å². The first kappa shape index (κ1) is 16.2. The van der Waals surface area contributed by atoms with E-state index in [1.54, 1.807) is 0 Å². The van der Waals surface area contributed by atoms with Gasteiger partial charge in [0.1, 0.15) is 0 Å². The highest BCUT2D eigenvalue weighted by molar-refractivity contribution is 5.28. The van der Waals surface area contributed by atoms with Crippen molar-refractivity contribution in [3.63, 3.8) is 0 Å². The van der Waals surface area contributed by atoms with Crippen LogP contribution in [0, 0.1) is 5.41 Å². The fourth-order valence-electron chi connectivity index (χ4n) is 2.05. The van der Waals surface area contributed by atoms with E-state index >= 15 is 0 Å². The third-order valence-electron chi connectivity index (χ3n) is 3.60. The van der Waals surface area contributed by atoms with Crippen molar-refractivity contribution in [1.82, 2.24) is 5.32 Å². The normalized spacial score (nSPS) is 14.5. The van der Waals surface area contributed by atoms with Crippen LogP contribution in [0.2, 0.25) is 0 Å². The van der Waals surface area contributed by atoms with Crippen LogP contribution >= 0.6 is 0 Å². The van der Waals surface area contributed by atoms with E-state index in [4.69, 9.17) is 0 Å². The number of hydrogen-bond acceptors (Lipinski definition) is 1. The minimum atomic E-state index is 0.238. The first-order chi connectivity index (χ1) is 8.59. The summed E-state index contributed by atoms with van der Waals surface area (Å²) in [5, 5.41) is 3.61. The lowest BCUT2D eigenvalue weighted by Crippen LogP contribution is -2.23. The quantitative estimate of drug-likeness (QED) is 0.798. The minimum Gasteiger partial charge on any atom is -0.310 e. The average Bonchev–Trinajstić information content (AvgIpc) is 2.26. The molecule has 1 nitrogen and oxygen atoms in total. The molecule has 1 N–H and O–H groups in total. The van der Waals surface area contributed by atoms with Gasteiger partial charge in [0.15, 0.2) is 0 Å². The standard InChI is InChI=1S/C18H31N/c1-14(19-13-12-17(2,3)4)15-8-10-16(11-9-15)18(5,6)7/h8-11,14,19H,12-13H2,1-7H3. The zero-order valence-electron chi connectivity index (χ0n) is 13.8. The lowest BCUT2D eigenvalue weighted by Gasteiger charge is -2.22. The maximum atomic E-state index is 3.61. The molecule has 0 spiro atoms. The number of hydrogen-bond donors (Lipinski definition) is 1. The van der Waals surface area contributed by atoms with Gasteiger partial charge in [-0.2, -0.15) is 0 Å². The van der Waals surface area contributed by atoms with E-state index < -0.39 is 0 Å². The Bertz CT molecular complexity index is 376. The SMILES string of the molecule is CC(NCCC(C)(C)C)c1ccc(C(C)(C)C)cc1. The van der Waals surface area contributed by atoms with Crippen molar-refractivity contribution in [2.45, 2.75) is 66.3 Å². The molecule has 108 valence electrons. The average molecular weight is 261 g/mol. The Balaban J connectivity index is 2.56. The van der Waals surface area contributed by atoms with E-state index in [9.17, 15) is 0 Å². The van der Waals surface area contributed by atoms with Crippen molar-refractivity contribution in [3.8, 4) is 0 Å². The zero-order valence-corrected chi connectivity index (χ0v) is 13.8. The zero-order chi connectivity index (χ0) is 14.7. The molecule has 1 atom stereocenters. The topological polar surface area (TPSA) is 12.0 Å². The second-order valence-corrected chi connectivity index (χ2v) is 7.86. The van der Waals surface area contributed by atoms with Crippen molar-refractivity contribution in [3.05, 3.63) is 35.4 Å². The Kier molecular flexibility index (Phi) is 5.20. The van der Waals surface area contributed by atoms with Gasteiger partial charge in [0.2, 0.25) is 0 Å². The minimum absolute atomic E-state index is 0.238. The molecule has 1 aromatic carbocycles. The van der Waals surface area contributed by atoms with Crippen LogP contribution in [0.15, 0.2) is 24.3 Å². The maximum absolute atomic E-state index is 3.61. The second kappa shape index (κ2) is 6.09. The molecule has 0 saturated heterocycles. The first-order valence-corrected chi connectivity index (χ1v) is 7.43. The third-order valence-corrected chi connectivity index (χ3v) is 3.60. The Morgan fingerprint density at radius 3 is 1.89 bits per heavy atom. The summed E-state index contributed by atoms with van der Waals surface area (Å²) in [4.78, 5) is 0. The fourth-order valence-corrected chi connectivity index (χ4v) is 2.05. The Labute approximate surface area is 119 Å². The van der Waals surface area contributed by atoms with Crippen LogP contribution in [0.3, 0.4) is 0 Å². The summed E-state index contributed by atoms with van der Waals surface area (Å²) in [5.74, 6) is 0. The number of rotatable bonds is 4. The van der Waals surface area contributed by atoms with Crippen LogP contribution in [-0.4, -0.2) is 6.54 Å². The summed E-state index contributed by atoms with van der Waals surface area (Å²) in [6.07, 6.45) is 1.21. The molecule has 1 aromatic rings. The number of benzene rings is 1. The van der Waals surface area contributed by atoms with Crippen LogP contribution in [-0.2, 0) is 5.41 Å². The predicted molar refractivity (Wildman–Crippen MR) is 85.6 cm³/mol. The smallest absolute Gasteiger partial charge is 0.0291 e. The highest BCUT2D eigenvalue weighted by Gasteiger charge is 2.14. The summed E-state index contributed by atoms with van der Waals surface area (Å²) < 4.78 is 0. The van der Waals surface area contributed by atoms with Crippen LogP contribution in [0.25, 0.3) is 0 Å². The molecule has 0 amide bonds. The van der Waals surface area contributed by atoms with E-state index in [2.05, 4.69) is 78.0 Å². The maximum Gasteiger partial charge on any atom is 0.0291 e. The van der Waals surface area contributed by atoms with Gasteiger partial charge in [-0.05, 0) is 41.8 Å². The van der Waals surface area contributed by atoms with Crippen molar-refractivity contribution in [1.29, 1.82) is 0 Å². The van der Waals surface area contributed by atoms with Gasteiger partial charge in [-0.1, -0.05) is 65.8 Å². The Hall–Kier alpha value is -0.820. The van der Waals surface area contributed by atoms with E-state index in [-0.39, 0.29) is 5.41 Å². The lowest BCUT2D eigenvalue weighted by atomic mass is 9.86. The summed E-state index contributed by atoms with van der Waals surface area (Å²) in [6.45, 7) is 17.0. The van der Waals surface area contributed by atoms with Gasteiger partial charge in [0.25, 0.3) is 0 Å². The number of nitrogens with one attached hydrogen (secondary N) is 1. The molecule has 0 aliphatic rings. The van der Waals surface area contributed by atoms with Crippen molar-refractivity contribution in [2.75, 3.05) is 6.54 Å². The summed E-state index contributed by atoms with van der Waals surface area (Å²) in [7, 11) is 0. The molecule has 0 bridgehead atoms. The van der Waals surface area contributed by atoms with Gasteiger partial charge in [0, 0.05) is 6.04 Å². The Morgan fingerprint density at radius 2 is 1.47 bits per heavy atom. The highest BCUT2D eigenvalue weighted by atomic mass is 14.9. The van der Waals surface area contributed by atoms with Gasteiger partial charge >= 0.3 is 0 Å². The van der Waals surface area contributed by atoms with Gasteiger partial charge in [0.05, 0.1) is 0 Å². The predicted octanol–water partition coefficient (Wildman–Crippen LogP) is 5.07. The molecular formula is C18H31N. The summed E-state index contributed by atoms with van der Waals surface area (Å²) >= 11 is 0.